The smallest absolute Gasteiger partial charge is 0.230 e. The predicted molar refractivity (Wildman–Crippen MR) is 74.6 cm³/mol. The molecule has 1 N–H and O–H groups in total. The highest BCUT2D eigenvalue weighted by Gasteiger charge is 2.30. The molecule has 0 unspecified atom stereocenters. The van der Waals surface area contributed by atoms with Gasteiger partial charge in [0, 0.05) is 5.92 Å². The van der Waals surface area contributed by atoms with Crippen LogP contribution in [0.1, 0.15) is 18.4 Å². The van der Waals surface area contributed by atoms with Gasteiger partial charge in [-0.15, -0.1) is 0 Å². The average Bonchev–Trinajstić information content (AvgIpc) is 2.46. The summed E-state index contributed by atoms with van der Waals surface area (Å²) < 4.78 is 5.67. The third kappa shape index (κ3) is 2.45. The van der Waals surface area contributed by atoms with E-state index in [4.69, 9.17) is 4.74 Å². The number of carbonyl (C=O) groups is 1. The van der Waals surface area contributed by atoms with Gasteiger partial charge in [0.05, 0.1) is 12.2 Å². The first-order valence-corrected chi connectivity index (χ1v) is 7.01. The van der Waals surface area contributed by atoms with Gasteiger partial charge in [0.15, 0.2) is 0 Å². The Balaban J connectivity index is 1.84. The number of amides is 1. The fourth-order valence-corrected chi connectivity index (χ4v) is 2.85. The molecule has 102 valence electrons. The monoisotopic (exact) mass is 260 g/mol. The highest BCUT2D eigenvalue weighted by Crippen LogP contribution is 2.34. The number of hydrogen-bond acceptors (Lipinski definition) is 3. The molecule has 0 aliphatic carbocycles. The van der Waals surface area contributed by atoms with E-state index < -0.39 is 0 Å². The summed E-state index contributed by atoms with van der Waals surface area (Å²) in [6, 6.07) is 6.05. The summed E-state index contributed by atoms with van der Waals surface area (Å²) in [4.78, 5) is 14.6. The van der Waals surface area contributed by atoms with Gasteiger partial charge in [-0.3, -0.25) is 4.79 Å². The maximum Gasteiger partial charge on any atom is 0.230 e. The van der Waals surface area contributed by atoms with Crippen molar-refractivity contribution >= 4 is 11.6 Å². The molecule has 1 amide bonds. The molecule has 0 bridgehead atoms. The van der Waals surface area contributed by atoms with E-state index in [-0.39, 0.29) is 11.8 Å². The molecule has 1 saturated heterocycles. The van der Waals surface area contributed by atoms with E-state index in [9.17, 15) is 4.79 Å². The number of fused-ring (bicyclic) bond motifs is 1. The largest absolute Gasteiger partial charge is 0.490 e. The maximum absolute atomic E-state index is 12.6. The van der Waals surface area contributed by atoms with Crippen LogP contribution in [0.3, 0.4) is 0 Å². The Morgan fingerprint density at radius 3 is 2.95 bits per heavy atom. The standard InChI is InChI=1S/C15H20N2O2/c1-11-2-3-13-14(10-11)19-9-8-17(13)15(18)12-4-6-16-7-5-12/h2-3,10,12,16H,4-9H2,1H3. The van der Waals surface area contributed by atoms with E-state index in [0.29, 0.717) is 13.2 Å². The summed E-state index contributed by atoms with van der Waals surface area (Å²) in [5.41, 5.74) is 2.09. The summed E-state index contributed by atoms with van der Waals surface area (Å²) in [5, 5.41) is 3.30. The minimum atomic E-state index is 0.161. The van der Waals surface area contributed by atoms with Crippen LogP contribution in [0.2, 0.25) is 0 Å². The number of nitrogens with one attached hydrogen (secondary N) is 1. The number of anilines is 1. The van der Waals surface area contributed by atoms with Gasteiger partial charge in [-0.05, 0) is 50.6 Å². The zero-order chi connectivity index (χ0) is 13.2. The second-order valence-corrected chi connectivity index (χ2v) is 5.33. The van der Waals surface area contributed by atoms with Gasteiger partial charge in [-0.25, -0.2) is 0 Å². The molecule has 1 fully saturated rings. The van der Waals surface area contributed by atoms with Crippen molar-refractivity contribution in [1.29, 1.82) is 0 Å². The highest BCUT2D eigenvalue weighted by atomic mass is 16.5. The molecule has 19 heavy (non-hydrogen) atoms. The van der Waals surface area contributed by atoms with Crippen molar-refractivity contribution in [2.24, 2.45) is 5.92 Å². The second kappa shape index (κ2) is 5.21. The Kier molecular flexibility index (Phi) is 3.42. The predicted octanol–water partition coefficient (Wildman–Crippen LogP) is 1.72. The number of ether oxygens (including phenoxy) is 1. The zero-order valence-electron chi connectivity index (χ0n) is 11.3. The molecule has 2 aliphatic heterocycles. The summed E-state index contributed by atoms with van der Waals surface area (Å²) in [6.07, 6.45) is 1.88. The fraction of sp³-hybridized carbons (Fsp3) is 0.533. The zero-order valence-corrected chi connectivity index (χ0v) is 11.3. The topological polar surface area (TPSA) is 41.6 Å². The van der Waals surface area contributed by atoms with Crippen LogP contribution < -0.4 is 15.0 Å². The van der Waals surface area contributed by atoms with Crippen LogP contribution >= 0.6 is 0 Å². The van der Waals surface area contributed by atoms with Gasteiger partial charge in [0.1, 0.15) is 12.4 Å². The number of rotatable bonds is 1. The molecule has 2 aliphatic rings. The van der Waals surface area contributed by atoms with Gasteiger partial charge >= 0.3 is 0 Å². The lowest BCUT2D eigenvalue weighted by atomic mass is 9.96. The quantitative estimate of drug-likeness (QED) is 0.836. The minimum absolute atomic E-state index is 0.161. The van der Waals surface area contributed by atoms with Crippen molar-refractivity contribution in [1.82, 2.24) is 5.32 Å². The second-order valence-electron chi connectivity index (χ2n) is 5.33. The summed E-state index contributed by atoms with van der Waals surface area (Å²) in [6.45, 7) is 5.19. The lowest BCUT2D eigenvalue weighted by Gasteiger charge is -2.33. The molecule has 0 saturated carbocycles. The van der Waals surface area contributed by atoms with Crippen molar-refractivity contribution in [3.63, 3.8) is 0 Å². The lowest BCUT2D eigenvalue weighted by Crippen LogP contribution is -2.44. The Morgan fingerprint density at radius 1 is 1.37 bits per heavy atom. The third-order valence-corrected chi connectivity index (χ3v) is 3.93. The van der Waals surface area contributed by atoms with Crippen LogP contribution in [0.4, 0.5) is 5.69 Å². The number of piperidine rings is 1. The molecule has 4 nitrogen and oxygen atoms in total. The van der Waals surface area contributed by atoms with Gasteiger partial charge in [0.25, 0.3) is 0 Å². The Morgan fingerprint density at radius 2 is 2.16 bits per heavy atom. The first-order valence-electron chi connectivity index (χ1n) is 7.01. The molecule has 3 rings (SSSR count). The molecule has 1 aromatic carbocycles. The van der Waals surface area contributed by atoms with Crippen molar-refractivity contribution in [2.75, 3.05) is 31.1 Å². The molecule has 0 spiro atoms. The number of aryl methyl sites for hydroxylation is 1. The number of carbonyl (C=O) groups excluding carboxylic acids is 1. The van der Waals surface area contributed by atoms with Crippen molar-refractivity contribution in [3.05, 3.63) is 23.8 Å². The van der Waals surface area contributed by atoms with Crippen LogP contribution in [-0.4, -0.2) is 32.1 Å². The van der Waals surface area contributed by atoms with Crippen LogP contribution in [-0.2, 0) is 4.79 Å². The van der Waals surface area contributed by atoms with Crippen LogP contribution in [0.15, 0.2) is 18.2 Å². The van der Waals surface area contributed by atoms with Gasteiger partial charge in [-0.2, -0.15) is 0 Å². The Labute approximate surface area is 113 Å². The average molecular weight is 260 g/mol. The number of nitrogens with zero attached hydrogens (tertiary/aromatic N) is 1. The fourth-order valence-electron chi connectivity index (χ4n) is 2.85. The van der Waals surface area contributed by atoms with Gasteiger partial charge in [-0.1, -0.05) is 6.07 Å². The molecular formula is C15H20N2O2. The first kappa shape index (κ1) is 12.5. The summed E-state index contributed by atoms with van der Waals surface area (Å²) in [5.74, 6) is 1.26. The highest BCUT2D eigenvalue weighted by molar-refractivity contribution is 5.97. The molecular weight excluding hydrogens is 240 g/mol. The van der Waals surface area contributed by atoms with E-state index in [1.54, 1.807) is 0 Å². The molecule has 0 aromatic heterocycles. The van der Waals surface area contributed by atoms with E-state index in [2.05, 4.69) is 5.32 Å². The van der Waals surface area contributed by atoms with Crippen LogP contribution in [0, 0.1) is 12.8 Å². The molecule has 1 aromatic rings. The normalized spacial score (nSPS) is 19.7. The molecule has 4 heteroatoms. The Hall–Kier alpha value is -1.55. The van der Waals surface area contributed by atoms with Gasteiger partial charge in [0.2, 0.25) is 5.91 Å². The number of hydrogen-bond donors (Lipinski definition) is 1. The van der Waals surface area contributed by atoms with Crippen molar-refractivity contribution < 1.29 is 9.53 Å². The van der Waals surface area contributed by atoms with Crippen molar-refractivity contribution in [2.45, 2.75) is 19.8 Å². The Bertz CT molecular complexity index is 481. The minimum Gasteiger partial charge on any atom is -0.490 e. The SMILES string of the molecule is Cc1ccc2c(c1)OCCN2C(=O)C1CCNCC1. The summed E-state index contributed by atoms with van der Waals surface area (Å²) in [7, 11) is 0. The third-order valence-electron chi connectivity index (χ3n) is 3.93. The van der Waals surface area contributed by atoms with E-state index in [0.717, 1.165) is 42.9 Å². The van der Waals surface area contributed by atoms with E-state index in [1.165, 1.54) is 0 Å². The number of benzene rings is 1. The van der Waals surface area contributed by atoms with E-state index >= 15 is 0 Å². The molecule has 2 heterocycles. The molecule has 0 radical (unpaired) electrons. The summed E-state index contributed by atoms with van der Waals surface area (Å²) >= 11 is 0. The molecule has 0 atom stereocenters. The van der Waals surface area contributed by atoms with Gasteiger partial charge < -0.3 is 15.0 Å². The van der Waals surface area contributed by atoms with E-state index in [1.807, 2.05) is 30.0 Å². The van der Waals surface area contributed by atoms with Crippen LogP contribution in [0.25, 0.3) is 0 Å². The maximum atomic E-state index is 12.6. The lowest BCUT2D eigenvalue weighted by molar-refractivity contribution is -0.123. The van der Waals surface area contributed by atoms with Crippen LogP contribution in [0.5, 0.6) is 5.75 Å². The first-order chi connectivity index (χ1) is 9.25. The van der Waals surface area contributed by atoms with Crippen molar-refractivity contribution in [3.8, 4) is 5.75 Å².